The molecular weight excluding hydrogens is 256 g/mol. The number of carbonyl (C=O) groups is 1. The molecule has 1 aliphatic carbocycles. The summed E-state index contributed by atoms with van der Waals surface area (Å²) in [5, 5.41) is 23.9. The quantitative estimate of drug-likeness (QED) is 0.794. The SMILES string of the molecule is O=C([O-])c1cnc(Cl)cc1NC1CCCC(O)C1. The van der Waals surface area contributed by atoms with Crippen LogP contribution in [0.5, 0.6) is 0 Å². The van der Waals surface area contributed by atoms with Crippen LogP contribution in [0.15, 0.2) is 12.3 Å². The number of nitrogens with zero attached hydrogens (tertiary/aromatic N) is 1. The number of carboxylic acid groups (broad SMARTS) is 1. The molecule has 1 heterocycles. The highest BCUT2D eigenvalue weighted by Gasteiger charge is 2.21. The summed E-state index contributed by atoms with van der Waals surface area (Å²) in [6.07, 6.45) is 4.05. The van der Waals surface area contributed by atoms with Gasteiger partial charge >= 0.3 is 0 Å². The van der Waals surface area contributed by atoms with Crippen molar-refractivity contribution < 1.29 is 15.0 Å². The van der Waals surface area contributed by atoms with Gasteiger partial charge < -0.3 is 20.3 Å². The topological polar surface area (TPSA) is 85.3 Å². The number of aliphatic hydroxyl groups excluding tert-OH is 1. The van der Waals surface area contributed by atoms with E-state index in [0.29, 0.717) is 12.1 Å². The van der Waals surface area contributed by atoms with Gasteiger partial charge in [-0.05, 0) is 31.7 Å². The van der Waals surface area contributed by atoms with E-state index in [-0.39, 0.29) is 22.9 Å². The van der Waals surface area contributed by atoms with Crippen molar-refractivity contribution >= 4 is 23.3 Å². The van der Waals surface area contributed by atoms with E-state index in [1.165, 1.54) is 12.3 Å². The highest BCUT2D eigenvalue weighted by Crippen LogP contribution is 2.25. The first-order chi connectivity index (χ1) is 8.56. The van der Waals surface area contributed by atoms with Gasteiger partial charge in [-0.2, -0.15) is 0 Å². The summed E-state index contributed by atoms with van der Waals surface area (Å²) in [6.45, 7) is 0. The Morgan fingerprint density at radius 3 is 3.00 bits per heavy atom. The number of hydrogen-bond acceptors (Lipinski definition) is 5. The largest absolute Gasteiger partial charge is 0.545 e. The minimum atomic E-state index is -1.29. The minimum Gasteiger partial charge on any atom is -0.545 e. The predicted molar refractivity (Wildman–Crippen MR) is 65.5 cm³/mol. The van der Waals surface area contributed by atoms with Crippen molar-refractivity contribution in [1.82, 2.24) is 4.98 Å². The molecule has 0 aromatic carbocycles. The zero-order valence-electron chi connectivity index (χ0n) is 9.73. The number of carbonyl (C=O) groups excluding carboxylic acids is 1. The smallest absolute Gasteiger partial charge is 0.131 e. The number of halogens is 1. The molecule has 0 saturated heterocycles. The van der Waals surface area contributed by atoms with Gasteiger partial charge in [-0.1, -0.05) is 11.6 Å². The van der Waals surface area contributed by atoms with Crippen molar-refractivity contribution in [3.05, 3.63) is 23.0 Å². The van der Waals surface area contributed by atoms with Gasteiger partial charge in [0, 0.05) is 23.5 Å². The van der Waals surface area contributed by atoms with E-state index in [2.05, 4.69) is 10.3 Å². The van der Waals surface area contributed by atoms with Crippen LogP contribution in [-0.4, -0.2) is 28.2 Å². The lowest BCUT2D eigenvalue weighted by atomic mass is 9.93. The summed E-state index contributed by atoms with van der Waals surface area (Å²) in [5.41, 5.74) is 0.383. The van der Waals surface area contributed by atoms with Crippen molar-refractivity contribution in [1.29, 1.82) is 0 Å². The number of pyridine rings is 1. The zero-order chi connectivity index (χ0) is 13.1. The maximum absolute atomic E-state index is 11.0. The average Bonchev–Trinajstić information content (AvgIpc) is 2.28. The minimum absolute atomic E-state index is 0.0144. The van der Waals surface area contributed by atoms with Crippen molar-refractivity contribution in [3.8, 4) is 0 Å². The van der Waals surface area contributed by atoms with Gasteiger partial charge in [0.1, 0.15) is 5.15 Å². The van der Waals surface area contributed by atoms with Crippen LogP contribution in [0.4, 0.5) is 5.69 Å². The third-order valence-electron chi connectivity index (χ3n) is 3.10. The second kappa shape index (κ2) is 5.54. The number of anilines is 1. The molecule has 2 N–H and O–H groups in total. The van der Waals surface area contributed by atoms with E-state index in [1.807, 2.05) is 0 Å². The van der Waals surface area contributed by atoms with Crippen LogP contribution in [0.25, 0.3) is 0 Å². The van der Waals surface area contributed by atoms with E-state index in [4.69, 9.17) is 11.6 Å². The molecule has 2 atom stereocenters. The molecule has 6 heteroatoms. The molecular formula is C12H14ClN2O3-. The molecule has 2 rings (SSSR count). The molecule has 0 aliphatic heterocycles. The van der Waals surface area contributed by atoms with Gasteiger partial charge in [-0.3, -0.25) is 0 Å². The van der Waals surface area contributed by atoms with Crippen LogP contribution in [-0.2, 0) is 0 Å². The summed E-state index contributed by atoms with van der Waals surface area (Å²) in [4.78, 5) is 14.7. The molecule has 1 aliphatic rings. The van der Waals surface area contributed by atoms with E-state index >= 15 is 0 Å². The van der Waals surface area contributed by atoms with Crippen LogP contribution < -0.4 is 10.4 Å². The Kier molecular flexibility index (Phi) is 4.04. The van der Waals surface area contributed by atoms with E-state index in [9.17, 15) is 15.0 Å². The Bertz CT molecular complexity index is 453. The Hall–Kier alpha value is -1.33. The fourth-order valence-electron chi connectivity index (χ4n) is 2.23. The summed E-state index contributed by atoms with van der Waals surface area (Å²) in [6, 6.07) is 1.51. The van der Waals surface area contributed by atoms with Crippen LogP contribution >= 0.6 is 11.6 Å². The Morgan fingerprint density at radius 2 is 2.33 bits per heavy atom. The van der Waals surface area contributed by atoms with Gasteiger partial charge in [-0.15, -0.1) is 0 Å². The number of hydrogen-bond donors (Lipinski definition) is 2. The molecule has 0 radical (unpaired) electrons. The lowest BCUT2D eigenvalue weighted by Gasteiger charge is -2.28. The van der Waals surface area contributed by atoms with Gasteiger partial charge in [0.2, 0.25) is 0 Å². The second-order valence-electron chi connectivity index (χ2n) is 4.50. The summed E-state index contributed by atoms with van der Waals surface area (Å²) < 4.78 is 0. The van der Waals surface area contributed by atoms with Gasteiger partial charge in [0.05, 0.1) is 12.1 Å². The standard InChI is InChI=1S/C12H15ClN2O3/c13-11-5-10(9(6-14-11)12(17)18)15-7-2-1-3-8(16)4-7/h5-8,16H,1-4H2,(H,14,15)(H,17,18)/p-1. The monoisotopic (exact) mass is 269 g/mol. The Morgan fingerprint density at radius 1 is 1.56 bits per heavy atom. The maximum Gasteiger partial charge on any atom is 0.131 e. The highest BCUT2D eigenvalue weighted by molar-refractivity contribution is 6.29. The van der Waals surface area contributed by atoms with E-state index < -0.39 is 5.97 Å². The summed E-state index contributed by atoms with van der Waals surface area (Å²) in [7, 11) is 0. The first-order valence-electron chi connectivity index (χ1n) is 5.87. The molecule has 1 aromatic rings. The molecule has 0 spiro atoms. The number of aromatic nitrogens is 1. The number of carboxylic acids is 1. The maximum atomic E-state index is 11.0. The fourth-order valence-corrected chi connectivity index (χ4v) is 2.38. The number of rotatable bonds is 3. The van der Waals surface area contributed by atoms with Crippen molar-refractivity contribution in [2.75, 3.05) is 5.32 Å². The lowest BCUT2D eigenvalue weighted by molar-refractivity contribution is -0.254. The van der Waals surface area contributed by atoms with Crippen LogP contribution in [0.2, 0.25) is 5.15 Å². The molecule has 98 valence electrons. The first kappa shape index (κ1) is 13.1. The number of aliphatic hydroxyl groups is 1. The number of nitrogens with one attached hydrogen (secondary N) is 1. The molecule has 0 amide bonds. The molecule has 2 unspecified atom stereocenters. The van der Waals surface area contributed by atoms with Gasteiger partial charge in [-0.25, -0.2) is 4.98 Å². The van der Waals surface area contributed by atoms with Crippen molar-refractivity contribution in [3.63, 3.8) is 0 Å². The molecule has 1 saturated carbocycles. The molecule has 1 aromatic heterocycles. The van der Waals surface area contributed by atoms with Gasteiger partial charge in [0.25, 0.3) is 0 Å². The van der Waals surface area contributed by atoms with E-state index in [1.54, 1.807) is 0 Å². The van der Waals surface area contributed by atoms with Crippen LogP contribution in [0, 0.1) is 0 Å². The molecule has 1 fully saturated rings. The highest BCUT2D eigenvalue weighted by atomic mass is 35.5. The Labute approximate surface area is 110 Å². The third-order valence-corrected chi connectivity index (χ3v) is 3.30. The first-order valence-corrected chi connectivity index (χ1v) is 6.25. The summed E-state index contributed by atoms with van der Waals surface area (Å²) >= 11 is 5.75. The molecule has 0 bridgehead atoms. The van der Waals surface area contributed by atoms with Crippen molar-refractivity contribution in [2.45, 2.75) is 37.8 Å². The average molecular weight is 270 g/mol. The Balaban J connectivity index is 2.16. The van der Waals surface area contributed by atoms with Crippen LogP contribution in [0.3, 0.4) is 0 Å². The lowest BCUT2D eigenvalue weighted by Crippen LogP contribution is -2.31. The normalized spacial score (nSPS) is 23.7. The third kappa shape index (κ3) is 3.11. The van der Waals surface area contributed by atoms with Crippen molar-refractivity contribution in [2.24, 2.45) is 0 Å². The molecule has 5 nitrogen and oxygen atoms in total. The second-order valence-corrected chi connectivity index (χ2v) is 4.89. The molecule has 18 heavy (non-hydrogen) atoms. The predicted octanol–water partition coefficient (Wildman–Crippen LogP) is 0.814. The fraction of sp³-hybridized carbons (Fsp3) is 0.500. The number of aromatic carboxylic acids is 1. The van der Waals surface area contributed by atoms with Gasteiger partial charge in [0.15, 0.2) is 0 Å². The van der Waals surface area contributed by atoms with E-state index in [0.717, 1.165) is 19.3 Å². The summed E-state index contributed by atoms with van der Waals surface area (Å²) in [5.74, 6) is -1.29. The van der Waals surface area contributed by atoms with Crippen LogP contribution in [0.1, 0.15) is 36.0 Å². The zero-order valence-corrected chi connectivity index (χ0v) is 10.5.